The Morgan fingerprint density at radius 2 is 1.74 bits per heavy atom. The van der Waals surface area contributed by atoms with Crippen LogP contribution in [0, 0.1) is 0 Å². The van der Waals surface area contributed by atoms with Crippen molar-refractivity contribution < 1.29 is 9.47 Å². The van der Waals surface area contributed by atoms with E-state index in [1.807, 2.05) is 18.7 Å². The van der Waals surface area contributed by atoms with Crippen LogP contribution in [0.2, 0.25) is 0 Å². The van der Waals surface area contributed by atoms with Gasteiger partial charge in [-0.3, -0.25) is 0 Å². The third kappa shape index (κ3) is 6.17. The first-order chi connectivity index (χ1) is 9.17. The van der Waals surface area contributed by atoms with Crippen LogP contribution in [0.25, 0.3) is 0 Å². The molecule has 7 heteroatoms. The molecule has 108 valence electrons. The van der Waals surface area contributed by atoms with Crippen molar-refractivity contribution in [2.24, 2.45) is 0 Å². The van der Waals surface area contributed by atoms with Gasteiger partial charge in [0.2, 0.25) is 5.95 Å². The van der Waals surface area contributed by atoms with E-state index in [2.05, 4.69) is 25.9 Å². The molecule has 6 nitrogen and oxygen atoms in total. The van der Waals surface area contributed by atoms with Crippen molar-refractivity contribution in [3.8, 4) is 0 Å². The van der Waals surface area contributed by atoms with Crippen molar-refractivity contribution in [3.63, 3.8) is 0 Å². The Morgan fingerprint density at radius 1 is 1.16 bits per heavy atom. The van der Waals surface area contributed by atoms with Crippen molar-refractivity contribution in [3.05, 3.63) is 10.7 Å². The summed E-state index contributed by atoms with van der Waals surface area (Å²) in [5, 5.41) is 0. The Labute approximate surface area is 122 Å². The molecule has 1 aromatic rings. The Bertz CT molecular complexity index is 348. The summed E-state index contributed by atoms with van der Waals surface area (Å²) in [5.41, 5.74) is 5.74. The summed E-state index contributed by atoms with van der Waals surface area (Å²) < 4.78 is 11.4. The van der Waals surface area contributed by atoms with Gasteiger partial charge in [-0.15, -0.1) is 0 Å². The number of nitrogens with two attached hydrogens (primary N) is 1. The van der Waals surface area contributed by atoms with Gasteiger partial charge in [-0.05, 0) is 29.8 Å². The standard InChI is InChI=1S/C12H21BrN4O2/c1-3-18-7-5-17(6-8-19-4-2)12-15-10(13)9-11(14)16-12/h9H,3-8H2,1-2H3,(H2,14,15,16). The number of rotatable bonds is 9. The van der Waals surface area contributed by atoms with Crippen LogP contribution in [0.4, 0.5) is 11.8 Å². The van der Waals surface area contributed by atoms with Crippen molar-refractivity contribution >= 4 is 27.7 Å². The summed E-state index contributed by atoms with van der Waals surface area (Å²) in [4.78, 5) is 10.6. The van der Waals surface area contributed by atoms with Crippen LogP contribution in [0.1, 0.15) is 13.8 Å². The first-order valence-electron chi connectivity index (χ1n) is 6.37. The number of nitrogens with zero attached hydrogens (tertiary/aromatic N) is 3. The lowest BCUT2D eigenvalue weighted by atomic mass is 10.5. The van der Waals surface area contributed by atoms with E-state index in [0.29, 0.717) is 55.9 Å². The molecule has 0 amide bonds. The largest absolute Gasteiger partial charge is 0.383 e. The summed E-state index contributed by atoms with van der Waals surface area (Å²) in [5.74, 6) is 1.03. The van der Waals surface area contributed by atoms with E-state index in [1.54, 1.807) is 6.07 Å². The number of hydrogen-bond donors (Lipinski definition) is 1. The number of ether oxygens (including phenoxy) is 2. The number of anilines is 2. The lowest BCUT2D eigenvalue weighted by molar-refractivity contribution is 0.141. The van der Waals surface area contributed by atoms with Gasteiger partial charge in [-0.1, -0.05) is 0 Å². The lowest BCUT2D eigenvalue weighted by Crippen LogP contribution is -2.32. The van der Waals surface area contributed by atoms with Crippen LogP contribution < -0.4 is 10.6 Å². The topological polar surface area (TPSA) is 73.5 Å². The highest BCUT2D eigenvalue weighted by atomic mass is 79.9. The van der Waals surface area contributed by atoms with Gasteiger partial charge in [0.05, 0.1) is 13.2 Å². The van der Waals surface area contributed by atoms with E-state index in [0.717, 1.165) is 0 Å². The average Bonchev–Trinajstić information content (AvgIpc) is 2.36. The molecule has 0 saturated carbocycles. The van der Waals surface area contributed by atoms with E-state index < -0.39 is 0 Å². The van der Waals surface area contributed by atoms with Crippen LogP contribution >= 0.6 is 15.9 Å². The second-order valence-corrected chi connectivity index (χ2v) is 4.61. The highest BCUT2D eigenvalue weighted by molar-refractivity contribution is 9.10. The van der Waals surface area contributed by atoms with Gasteiger partial charge >= 0.3 is 0 Å². The lowest BCUT2D eigenvalue weighted by Gasteiger charge is -2.22. The van der Waals surface area contributed by atoms with E-state index in [9.17, 15) is 0 Å². The molecule has 0 saturated heterocycles. The van der Waals surface area contributed by atoms with Crippen molar-refractivity contribution in [1.82, 2.24) is 9.97 Å². The number of halogens is 1. The fourth-order valence-electron chi connectivity index (χ4n) is 1.51. The summed E-state index contributed by atoms with van der Waals surface area (Å²) >= 11 is 3.32. The van der Waals surface area contributed by atoms with Crippen LogP contribution in [0.15, 0.2) is 10.7 Å². The molecule has 0 spiro atoms. The Hall–Kier alpha value is -0.920. The molecular formula is C12H21BrN4O2. The van der Waals surface area contributed by atoms with Gasteiger partial charge in [-0.25, -0.2) is 4.98 Å². The van der Waals surface area contributed by atoms with Gasteiger partial charge in [0.15, 0.2) is 0 Å². The molecule has 0 fully saturated rings. The first-order valence-corrected chi connectivity index (χ1v) is 7.17. The summed E-state index contributed by atoms with van der Waals surface area (Å²) in [6.45, 7) is 7.99. The maximum absolute atomic E-state index is 5.74. The van der Waals surface area contributed by atoms with E-state index in [-0.39, 0.29) is 0 Å². The Balaban J connectivity index is 2.69. The van der Waals surface area contributed by atoms with Crippen LogP contribution in [0.3, 0.4) is 0 Å². The number of aromatic nitrogens is 2. The predicted octanol–water partition coefficient (Wildman–Crippen LogP) is 1.70. The smallest absolute Gasteiger partial charge is 0.228 e. The van der Waals surface area contributed by atoms with Gasteiger partial charge < -0.3 is 20.1 Å². The molecule has 0 aliphatic rings. The van der Waals surface area contributed by atoms with Crippen molar-refractivity contribution in [2.75, 3.05) is 50.2 Å². The van der Waals surface area contributed by atoms with Crippen molar-refractivity contribution in [1.29, 1.82) is 0 Å². The minimum Gasteiger partial charge on any atom is -0.383 e. The molecule has 0 radical (unpaired) electrons. The molecular weight excluding hydrogens is 312 g/mol. The zero-order chi connectivity index (χ0) is 14.1. The maximum Gasteiger partial charge on any atom is 0.228 e. The number of nitrogen functional groups attached to an aromatic ring is 1. The molecule has 0 atom stereocenters. The van der Waals surface area contributed by atoms with Crippen LogP contribution in [0.5, 0.6) is 0 Å². The summed E-state index contributed by atoms with van der Waals surface area (Å²) in [6.07, 6.45) is 0. The number of hydrogen-bond acceptors (Lipinski definition) is 6. The molecule has 2 N–H and O–H groups in total. The molecule has 1 heterocycles. The highest BCUT2D eigenvalue weighted by Crippen LogP contribution is 2.15. The second kappa shape index (κ2) is 9.06. The van der Waals surface area contributed by atoms with Gasteiger partial charge in [-0.2, -0.15) is 4.98 Å². The monoisotopic (exact) mass is 332 g/mol. The third-order valence-corrected chi connectivity index (χ3v) is 2.81. The molecule has 1 rings (SSSR count). The van der Waals surface area contributed by atoms with E-state index >= 15 is 0 Å². The highest BCUT2D eigenvalue weighted by Gasteiger charge is 2.11. The Morgan fingerprint density at radius 3 is 2.21 bits per heavy atom. The SMILES string of the molecule is CCOCCN(CCOCC)c1nc(N)cc(Br)n1. The third-order valence-electron chi connectivity index (χ3n) is 2.41. The fourth-order valence-corrected chi connectivity index (χ4v) is 1.91. The van der Waals surface area contributed by atoms with Crippen molar-refractivity contribution in [2.45, 2.75) is 13.8 Å². The minimum atomic E-state index is 0.440. The Kier molecular flexibility index (Phi) is 7.69. The maximum atomic E-state index is 5.74. The zero-order valence-electron chi connectivity index (χ0n) is 11.4. The molecule has 19 heavy (non-hydrogen) atoms. The normalized spacial score (nSPS) is 10.7. The molecule has 0 unspecified atom stereocenters. The minimum absolute atomic E-state index is 0.440. The van der Waals surface area contributed by atoms with Crippen LogP contribution in [-0.2, 0) is 9.47 Å². The molecule has 0 bridgehead atoms. The quantitative estimate of drug-likeness (QED) is 0.548. The average molecular weight is 333 g/mol. The zero-order valence-corrected chi connectivity index (χ0v) is 13.0. The first kappa shape index (κ1) is 16.1. The predicted molar refractivity (Wildman–Crippen MR) is 79.3 cm³/mol. The van der Waals surface area contributed by atoms with Crippen LogP contribution in [-0.4, -0.2) is 49.5 Å². The molecule has 0 aliphatic heterocycles. The van der Waals surface area contributed by atoms with Gasteiger partial charge in [0.25, 0.3) is 0 Å². The fraction of sp³-hybridized carbons (Fsp3) is 0.667. The van der Waals surface area contributed by atoms with Gasteiger partial charge in [0, 0.05) is 32.4 Å². The van der Waals surface area contributed by atoms with E-state index in [4.69, 9.17) is 15.2 Å². The van der Waals surface area contributed by atoms with Gasteiger partial charge in [0.1, 0.15) is 10.4 Å². The molecule has 0 aliphatic carbocycles. The molecule has 1 aromatic heterocycles. The summed E-state index contributed by atoms with van der Waals surface area (Å²) in [7, 11) is 0. The van der Waals surface area contributed by atoms with E-state index in [1.165, 1.54) is 0 Å². The summed E-state index contributed by atoms with van der Waals surface area (Å²) in [6, 6.07) is 1.67. The second-order valence-electron chi connectivity index (χ2n) is 3.80. The molecule has 0 aromatic carbocycles.